The van der Waals surface area contributed by atoms with Crippen LogP contribution in [0.15, 0.2) is 23.8 Å². The highest BCUT2D eigenvalue weighted by Gasteiger charge is 2.52. The second-order valence-electron chi connectivity index (χ2n) is 10.2. The zero-order chi connectivity index (χ0) is 31.6. The first-order chi connectivity index (χ1) is 21.5. The summed E-state index contributed by atoms with van der Waals surface area (Å²) in [7, 11) is -7.02. The van der Waals surface area contributed by atoms with Crippen LogP contribution in [0.1, 0.15) is 12.5 Å². The van der Waals surface area contributed by atoms with Gasteiger partial charge in [0, 0.05) is 7.11 Å². The van der Waals surface area contributed by atoms with E-state index in [0.29, 0.717) is 0 Å². The lowest BCUT2D eigenvalue weighted by molar-refractivity contribution is -0.0626. The van der Waals surface area contributed by atoms with Gasteiger partial charge in [0.25, 0.3) is 5.56 Å². The predicted molar refractivity (Wildman–Crippen MR) is 147 cm³/mol. The van der Waals surface area contributed by atoms with E-state index < -0.39 is 83.9 Å². The van der Waals surface area contributed by atoms with E-state index in [-0.39, 0.29) is 34.1 Å². The van der Waals surface area contributed by atoms with E-state index in [1.54, 1.807) is 0 Å². The summed E-state index contributed by atoms with van der Waals surface area (Å²) in [6.45, 7) is -1.12. The summed E-state index contributed by atoms with van der Waals surface area (Å²) >= 11 is 0. The number of methoxy groups -OCH3 is 1. The molecule has 24 heteroatoms. The van der Waals surface area contributed by atoms with Crippen molar-refractivity contribution >= 4 is 50.2 Å². The van der Waals surface area contributed by atoms with Crippen molar-refractivity contribution in [3.05, 3.63) is 29.3 Å². The molecule has 4 aromatic heterocycles. The van der Waals surface area contributed by atoms with Crippen molar-refractivity contribution in [2.24, 2.45) is 0 Å². The van der Waals surface area contributed by atoms with Gasteiger partial charge in [-0.1, -0.05) is 0 Å². The van der Waals surface area contributed by atoms with Crippen molar-refractivity contribution in [1.82, 2.24) is 39.0 Å². The van der Waals surface area contributed by atoms with Crippen molar-refractivity contribution in [2.45, 2.75) is 49.1 Å². The number of aliphatic hydroxyl groups is 1. The number of phosphoric ester groups is 1. The number of nitrogens with zero attached hydrogens (tertiary/aromatic N) is 7. The molecule has 3 aliphatic rings. The number of hydrogen-bond donors (Lipinski definition) is 5. The van der Waals surface area contributed by atoms with Crippen molar-refractivity contribution < 1.29 is 51.4 Å². The number of aromatic amines is 1. The van der Waals surface area contributed by atoms with Gasteiger partial charge in [0.1, 0.15) is 48.5 Å². The van der Waals surface area contributed by atoms with Crippen LogP contribution in [-0.4, -0.2) is 106 Å². The van der Waals surface area contributed by atoms with Gasteiger partial charge in [0.05, 0.1) is 25.9 Å². The highest BCUT2D eigenvalue weighted by molar-refractivity contribution is 7.47. The number of nitrogen functional groups attached to an aromatic ring is 2. The summed E-state index contributed by atoms with van der Waals surface area (Å²) in [5.41, 5.74) is 11.4. The van der Waals surface area contributed by atoms with Crippen LogP contribution >= 0.6 is 16.1 Å². The zero-order valence-corrected chi connectivity index (χ0v) is 24.9. The minimum atomic E-state index is -4.94. The Morgan fingerprint density at radius 3 is 2.56 bits per heavy atom. The van der Waals surface area contributed by atoms with E-state index in [0.717, 1.165) is 0 Å². The Hall–Kier alpha value is -3.40. The molecule has 3 fully saturated rings. The Balaban J connectivity index is 1.20. The smallest absolute Gasteiger partial charge is 0.386 e. The fourth-order valence-electron chi connectivity index (χ4n) is 5.52. The Kier molecular flexibility index (Phi) is 7.69. The monoisotopic (exact) mass is 672 g/mol. The number of anilines is 2. The second-order valence-corrected chi connectivity index (χ2v) is 12.6. The number of imidazole rings is 2. The lowest BCUT2D eigenvalue weighted by atomic mass is 10.1. The molecule has 0 aliphatic carbocycles. The van der Waals surface area contributed by atoms with E-state index in [9.17, 15) is 23.9 Å². The van der Waals surface area contributed by atoms with E-state index in [1.807, 2.05) is 0 Å². The Labute approximate surface area is 251 Å². The molecule has 7 rings (SSSR count). The van der Waals surface area contributed by atoms with Crippen LogP contribution in [0.3, 0.4) is 0 Å². The van der Waals surface area contributed by atoms with Gasteiger partial charge in [0.2, 0.25) is 5.95 Å². The standard InChI is InChI=1S/C21H26N10O12P2/c1-37-13-8-3-39-45(35,36)43-12-7(40-19(11(12)32)30-5-26-9-15(22)24-4-25-16(9)30)2-38-44(34)42-14(13)20(41-8)31-6-27-10-17(31)28-21(23)29-18(10)33/h4-8,11-14,19-20,32,44H,2-3H2,1H3,(H,35,36)(H2,22,24,25)(H3,23,28,29,33). The van der Waals surface area contributed by atoms with Crippen LogP contribution in [0.2, 0.25) is 0 Å². The first kappa shape index (κ1) is 30.3. The molecule has 0 radical (unpaired) electrons. The number of hydrogen-bond acceptors (Lipinski definition) is 18. The van der Waals surface area contributed by atoms with Crippen molar-refractivity contribution in [2.75, 3.05) is 31.8 Å². The van der Waals surface area contributed by atoms with Gasteiger partial charge >= 0.3 is 16.1 Å². The molecule has 9 unspecified atom stereocenters. The summed E-state index contributed by atoms with van der Waals surface area (Å²) in [5, 5.41) is 11.2. The average molecular weight is 672 g/mol. The Morgan fingerprint density at radius 2 is 1.78 bits per heavy atom. The maximum absolute atomic E-state index is 13.2. The lowest BCUT2D eigenvalue weighted by Gasteiger charge is -2.24. The normalized spacial score (nSPS) is 36.0. The number of ether oxygens (including phenoxy) is 3. The summed E-state index contributed by atoms with van der Waals surface area (Å²) in [4.78, 5) is 45.7. The molecule has 2 bridgehead atoms. The molecule has 7 N–H and O–H groups in total. The van der Waals surface area contributed by atoms with Gasteiger partial charge in [-0.2, -0.15) is 4.98 Å². The van der Waals surface area contributed by atoms with E-state index in [2.05, 4.69) is 29.9 Å². The minimum absolute atomic E-state index is 0.0189. The minimum Gasteiger partial charge on any atom is -0.386 e. The number of nitrogens with two attached hydrogens (primary N) is 2. The fourth-order valence-corrected chi connectivity index (χ4v) is 7.33. The van der Waals surface area contributed by atoms with Gasteiger partial charge in [-0.15, -0.1) is 0 Å². The number of aliphatic hydroxyl groups excluding tert-OH is 1. The number of aromatic nitrogens is 8. The van der Waals surface area contributed by atoms with Crippen LogP contribution in [0.4, 0.5) is 11.8 Å². The molecule has 0 saturated carbocycles. The van der Waals surface area contributed by atoms with E-state index in [4.69, 9.17) is 43.8 Å². The number of phosphoric acid groups is 1. The van der Waals surface area contributed by atoms with Gasteiger partial charge in [-0.25, -0.2) is 24.5 Å². The van der Waals surface area contributed by atoms with Gasteiger partial charge in [-0.05, 0) is 0 Å². The maximum atomic E-state index is 13.2. The molecule has 3 aliphatic heterocycles. The molecule has 22 nitrogen and oxygen atoms in total. The van der Waals surface area contributed by atoms with Crippen LogP contribution in [0.5, 0.6) is 0 Å². The molecular formula is C21H26N10O12P2. The van der Waals surface area contributed by atoms with Gasteiger partial charge < -0.3 is 40.2 Å². The molecule has 7 heterocycles. The third-order valence-corrected chi connectivity index (χ3v) is 9.36. The second kappa shape index (κ2) is 11.4. The van der Waals surface area contributed by atoms with E-state index in [1.165, 1.54) is 35.2 Å². The van der Waals surface area contributed by atoms with Crippen molar-refractivity contribution in [3.8, 4) is 0 Å². The molecule has 10 atom stereocenters. The Bertz CT molecular complexity index is 1890. The number of fused-ring (bicyclic) bond motifs is 5. The number of rotatable bonds is 3. The number of H-pyrrole nitrogens is 1. The molecule has 4 aromatic rings. The van der Waals surface area contributed by atoms with Crippen LogP contribution in [0, 0.1) is 0 Å². The van der Waals surface area contributed by atoms with Crippen molar-refractivity contribution in [3.63, 3.8) is 0 Å². The molecule has 0 aromatic carbocycles. The SMILES string of the molecule is COC1C2CO[P@@](=O)(O)OC3C(CO[PH](=O)OC1C(n1cnc4c(=O)[nH]c(N)nc41)O2)OC(n1cnc2c(N)ncnc21)C3O. The summed E-state index contributed by atoms with van der Waals surface area (Å²) in [5.74, 6) is -0.117. The molecular weight excluding hydrogens is 646 g/mol. The third-order valence-electron chi connectivity index (χ3n) is 7.51. The van der Waals surface area contributed by atoms with Crippen LogP contribution in [-0.2, 0) is 41.4 Å². The molecule has 0 amide bonds. The lowest BCUT2D eigenvalue weighted by Crippen LogP contribution is -2.37. The maximum Gasteiger partial charge on any atom is 0.472 e. The molecule has 3 saturated heterocycles. The van der Waals surface area contributed by atoms with E-state index >= 15 is 0 Å². The molecule has 242 valence electrons. The van der Waals surface area contributed by atoms with Gasteiger partial charge in [0.15, 0.2) is 35.1 Å². The molecule has 0 spiro atoms. The first-order valence-electron chi connectivity index (χ1n) is 13.2. The zero-order valence-electron chi connectivity index (χ0n) is 23.0. The fraction of sp³-hybridized carbons (Fsp3) is 0.524. The first-order valence-corrected chi connectivity index (χ1v) is 15.9. The van der Waals surface area contributed by atoms with Gasteiger partial charge in [-0.3, -0.25) is 37.0 Å². The largest absolute Gasteiger partial charge is 0.472 e. The summed E-state index contributed by atoms with van der Waals surface area (Å²) in [6.07, 6.45) is -6.45. The third kappa shape index (κ3) is 5.32. The van der Waals surface area contributed by atoms with Crippen LogP contribution in [0.25, 0.3) is 22.3 Å². The van der Waals surface area contributed by atoms with Crippen LogP contribution < -0.4 is 17.0 Å². The highest BCUT2D eigenvalue weighted by atomic mass is 31.2. The topological polar surface area (TPSA) is 298 Å². The summed E-state index contributed by atoms with van der Waals surface area (Å²) < 4.78 is 68.5. The Morgan fingerprint density at radius 1 is 1.04 bits per heavy atom. The molecule has 45 heavy (non-hydrogen) atoms. The van der Waals surface area contributed by atoms with Crippen molar-refractivity contribution in [1.29, 1.82) is 0 Å². The predicted octanol–water partition coefficient (Wildman–Crippen LogP) is -1.40. The quantitative estimate of drug-likeness (QED) is 0.156. The highest BCUT2D eigenvalue weighted by Crippen LogP contribution is 2.51. The number of nitrogens with one attached hydrogen (secondary N) is 1. The summed E-state index contributed by atoms with van der Waals surface area (Å²) in [6, 6.07) is 0. The average Bonchev–Trinajstić information content (AvgIpc) is 3.75.